The summed E-state index contributed by atoms with van der Waals surface area (Å²) in [6.07, 6.45) is 49.0. The fraction of sp³-hybridized carbons (Fsp3) is 0.667. The van der Waals surface area contributed by atoms with E-state index in [1.54, 1.807) is 0 Å². The summed E-state index contributed by atoms with van der Waals surface area (Å²) in [7, 11) is 1.26. The highest BCUT2D eigenvalue weighted by molar-refractivity contribution is 7.45. The zero-order valence-corrected chi connectivity index (χ0v) is 35.8. The van der Waals surface area contributed by atoms with E-state index in [4.69, 9.17) is 9.05 Å². The van der Waals surface area contributed by atoms with Gasteiger partial charge in [0.1, 0.15) is 13.2 Å². The maximum Gasteiger partial charge on any atom is 0.268 e. The fourth-order valence-corrected chi connectivity index (χ4v) is 6.03. The molecule has 0 fully saturated rings. The van der Waals surface area contributed by atoms with Gasteiger partial charge in [0.15, 0.2) is 0 Å². The summed E-state index contributed by atoms with van der Waals surface area (Å²) in [6, 6.07) is -0.821. The van der Waals surface area contributed by atoms with E-state index in [0.29, 0.717) is 23.9 Å². The van der Waals surface area contributed by atoms with E-state index in [2.05, 4.69) is 104 Å². The van der Waals surface area contributed by atoms with Crippen molar-refractivity contribution in [3.63, 3.8) is 0 Å². The van der Waals surface area contributed by atoms with E-state index in [1.807, 2.05) is 21.1 Å². The number of unbranched alkanes of at least 4 members (excludes halogenated alkanes) is 9. The first-order chi connectivity index (χ1) is 26.0. The largest absolute Gasteiger partial charge is 0.756 e. The molecule has 0 aliphatic rings. The predicted molar refractivity (Wildman–Crippen MR) is 228 cm³/mol. The number of carbonyl (C=O) groups excluding carboxylic acids is 1. The number of aliphatic hydroxyl groups excluding tert-OH is 1. The van der Waals surface area contributed by atoms with Crippen LogP contribution in [-0.2, 0) is 18.4 Å². The molecule has 0 bridgehead atoms. The third-order valence-corrected chi connectivity index (χ3v) is 9.61. The number of rotatable bonds is 36. The lowest BCUT2D eigenvalue weighted by molar-refractivity contribution is -0.870. The molecular formula is C45H79N2O6P. The monoisotopic (exact) mass is 775 g/mol. The van der Waals surface area contributed by atoms with Crippen molar-refractivity contribution < 1.29 is 32.9 Å². The second-order valence-electron chi connectivity index (χ2n) is 15.0. The number of phosphoric ester groups is 1. The van der Waals surface area contributed by atoms with Crippen LogP contribution in [0.25, 0.3) is 0 Å². The Morgan fingerprint density at radius 3 is 1.63 bits per heavy atom. The number of hydrogen-bond donors (Lipinski definition) is 2. The second kappa shape index (κ2) is 36.3. The number of likely N-dealkylation sites (N-methyl/N-ethyl adjacent to an activating group) is 1. The summed E-state index contributed by atoms with van der Waals surface area (Å²) in [5.41, 5.74) is 0. The number of amides is 1. The molecule has 0 aliphatic heterocycles. The molecule has 0 aromatic heterocycles. The molecule has 2 N–H and O–H groups in total. The van der Waals surface area contributed by atoms with Gasteiger partial charge in [0.05, 0.1) is 39.9 Å². The summed E-state index contributed by atoms with van der Waals surface area (Å²) < 4.78 is 23.1. The van der Waals surface area contributed by atoms with Gasteiger partial charge in [-0.15, -0.1) is 0 Å². The van der Waals surface area contributed by atoms with Crippen molar-refractivity contribution in [1.82, 2.24) is 5.32 Å². The first kappa shape index (κ1) is 51.7. The molecule has 0 radical (unpaired) electrons. The Labute approximate surface area is 331 Å². The van der Waals surface area contributed by atoms with E-state index < -0.39 is 20.0 Å². The molecule has 8 nitrogen and oxygen atoms in total. The van der Waals surface area contributed by atoms with E-state index in [-0.39, 0.29) is 19.1 Å². The smallest absolute Gasteiger partial charge is 0.268 e. The minimum Gasteiger partial charge on any atom is -0.756 e. The summed E-state index contributed by atoms with van der Waals surface area (Å²) in [4.78, 5) is 25.2. The molecule has 0 rings (SSSR count). The first-order valence-corrected chi connectivity index (χ1v) is 22.4. The molecule has 54 heavy (non-hydrogen) atoms. The van der Waals surface area contributed by atoms with Crippen LogP contribution in [0.2, 0.25) is 0 Å². The van der Waals surface area contributed by atoms with Crippen molar-refractivity contribution in [3.05, 3.63) is 85.1 Å². The topological polar surface area (TPSA) is 108 Å². The van der Waals surface area contributed by atoms with Crippen molar-refractivity contribution in [1.29, 1.82) is 0 Å². The van der Waals surface area contributed by atoms with Crippen LogP contribution in [0.5, 0.6) is 0 Å². The average molecular weight is 775 g/mol. The van der Waals surface area contributed by atoms with Crippen LogP contribution in [0.15, 0.2) is 85.1 Å². The number of quaternary nitrogens is 1. The van der Waals surface area contributed by atoms with Gasteiger partial charge in [-0.25, -0.2) is 0 Å². The van der Waals surface area contributed by atoms with Gasteiger partial charge >= 0.3 is 0 Å². The molecule has 0 saturated heterocycles. The lowest BCUT2D eigenvalue weighted by atomic mass is 10.0. The highest BCUT2D eigenvalue weighted by Crippen LogP contribution is 2.38. The Morgan fingerprint density at radius 1 is 0.667 bits per heavy atom. The predicted octanol–water partition coefficient (Wildman–Crippen LogP) is 10.8. The van der Waals surface area contributed by atoms with Gasteiger partial charge in [-0.2, -0.15) is 0 Å². The third kappa shape index (κ3) is 38.0. The van der Waals surface area contributed by atoms with Crippen LogP contribution in [0, 0.1) is 0 Å². The molecule has 3 unspecified atom stereocenters. The van der Waals surface area contributed by atoms with Gasteiger partial charge in [0, 0.05) is 6.42 Å². The van der Waals surface area contributed by atoms with Crippen molar-refractivity contribution in [2.75, 3.05) is 40.9 Å². The van der Waals surface area contributed by atoms with Gasteiger partial charge in [-0.3, -0.25) is 9.36 Å². The molecule has 0 saturated carbocycles. The number of carbonyl (C=O) groups is 1. The third-order valence-electron chi connectivity index (χ3n) is 8.65. The standard InChI is InChI=1S/C45H79N2O6P/c1-6-8-10-12-14-15-16-17-18-19-20-21-22-23-24-25-26-27-28-29-30-31-33-35-37-39-45(49)46-43(44(48)38-36-34-32-13-11-9-7-2)42-53-54(50,51)52-41-40-47(3,4)5/h8,10,14-15,17-18,20-21,23-24,26-27,29-30,43-44,48H,6-7,9,11-13,16,19,22,25,28,31-42H2,1-5H3,(H-,46,49,50,51)/b10-8-,15-14-,18-17-,21-20-,24-23-,27-26-,30-29-. The summed E-state index contributed by atoms with van der Waals surface area (Å²) in [5, 5.41) is 13.7. The average Bonchev–Trinajstić information content (AvgIpc) is 3.12. The van der Waals surface area contributed by atoms with Crippen LogP contribution in [0.3, 0.4) is 0 Å². The van der Waals surface area contributed by atoms with Crippen LogP contribution < -0.4 is 10.2 Å². The van der Waals surface area contributed by atoms with Crippen LogP contribution >= 0.6 is 7.82 Å². The molecule has 1 amide bonds. The molecule has 0 spiro atoms. The highest BCUT2D eigenvalue weighted by Gasteiger charge is 2.24. The Morgan fingerprint density at radius 2 is 1.13 bits per heavy atom. The fourth-order valence-electron chi connectivity index (χ4n) is 5.31. The maximum absolute atomic E-state index is 12.8. The first-order valence-electron chi connectivity index (χ1n) is 20.9. The van der Waals surface area contributed by atoms with E-state index in [0.717, 1.165) is 89.9 Å². The van der Waals surface area contributed by atoms with Crippen molar-refractivity contribution in [3.8, 4) is 0 Å². The second-order valence-corrected chi connectivity index (χ2v) is 16.4. The van der Waals surface area contributed by atoms with Gasteiger partial charge in [0.2, 0.25) is 5.91 Å². The van der Waals surface area contributed by atoms with Crippen LogP contribution in [0.4, 0.5) is 0 Å². The molecule has 310 valence electrons. The normalized spacial score (nSPS) is 15.3. The molecule has 0 aliphatic carbocycles. The van der Waals surface area contributed by atoms with Crippen molar-refractivity contribution in [2.45, 2.75) is 154 Å². The zero-order valence-electron chi connectivity index (χ0n) is 34.9. The number of nitrogens with one attached hydrogen (secondary N) is 1. The van der Waals surface area contributed by atoms with Gasteiger partial charge in [-0.1, -0.05) is 150 Å². The molecular weight excluding hydrogens is 695 g/mol. The summed E-state index contributed by atoms with van der Waals surface area (Å²) in [6.45, 7) is 4.49. The Balaban J connectivity index is 4.32. The Kier molecular flexibility index (Phi) is 34.8. The molecule has 0 heterocycles. The highest BCUT2D eigenvalue weighted by atomic mass is 31.2. The summed E-state index contributed by atoms with van der Waals surface area (Å²) in [5.74, 6) is -0.206. The number of nitrogens with zero attached hydrogens (tertiary/aromatic N) is 1. The van der Waals surface area contributed by atoms with E-state index in [9.17, 15) is 19.4 Å². The Hall–Kier alpha value is -2.32. The SMILES string of the molecule is CC/C=C\C/C=C\C/C=C\C/C=C\C/C=C\C/C=C\C/C=C\CCCCCC(=O)NC(COP(=O)([O-])OCC[N+](C)(C)C)C(O)CCCCCCCCC. The van der Waals surface area contributed by atoms with Crippen molar-refractivity contribution in [2.24, 2.45) is 0 Å². The van der Waals surface area contributed by atoms with Gasteiger partial charge in [0.25, 0.3) is 7.82 Å². The molecule has 0 aromatic rings. The van der Waals surface area contributed by atoms with Crippen LogP contribution in [-0.4, -0.2) is 68.5 Å². The van der Waals surface area contributed by atoms with E-state index >= 15 is 0 Å². The molecule has 3 atom stereocenters. The van der Waals surface area contributed by atoms with Crippen LogP contribution in [0.1, 0.15) is 142 Å². The van der Waals surface area contributed by atoms with E-state index in [1.165, 1.54) is 25.7 Å². The number of phosphoric acid groups is 1. The summed E-state index contributed by atoms with van der Waals surface area (Å²) >= 11 is 0. The Bertz CT molecular complexity index is 1150. The quantitative estimate of drug-likeness (QED) is 0.0284. The minimum absolute atomic E-state index is 0.000412. The minimum atomic E-state index is -4.57. The molecule has 0 aromatic carbocycles. The molecule has 9 heteroatoms. The number of hydrogen-bond acceptors (Lipinski definition) is 6. The van der Waals surface area contributed by atoms with Crippen molar-refractivity contribution >= 4 is 13.7 Å². The van der Waals surface area contributed by atoms with Gasteiger partial charge in [-0.05, 0) is 70.6 Å². The number of allylic oxidation sites excluding steroid dienone is 14. The maximum atomic E-state index is 12.8. The lowest BCUT2D eigenvalue weighted by Crippen LogP contribution is -2.46. The van der Waals surface area contributed by atoms with Gasteiger partial charge < -0.3 is 28.8 Å². The number of aliphatic hydroxyl groups is 1. The zero-order chi connectivity index (χ0) is 40.0. The lowest BCUT2D eigenvalue weighted by Gasteiger charge is -2.30.